The number of urea groups is 1. The Kier molecular flexibility index (Phi) is 5.87. The van der Waals surface area contributed by atoms with E-state index in [0.29, 0.717) is 17.1 Å². The van der Waals surface area contributed by atoms with Gasteiger partial charge in [-0.2, -0.15) is 0 Å². The molecule has 2 atom stereocenters. The largest absolute Gasteiger partial charge is 0.477 e. The molecule has 2 unspecified atom stereocenters. The third-order valence-electron chi connectivity index (χ3n) is 5.98. The van der Waals surface area contributed by atoms with Crippen LogP contribution in [-0.4, -0.2) is 24.6 Å². The molecule has 0 spiro atoms. The molecule has 6 heteroatoms. The van der Waals surface area contributed by atoms with Crippen LogP contribution in [0, 0.1) is 0 Å². The van der Waals surface area contributed by atoms with Gasteiger partial charge >= 0.3 is 6.03 Å². The fourth-order valence-corrected chi connectivity index (χ4v) is 4.29. The maximum Gasteiger partial charge on any atom is 0.326 e. The van der Waals surface area contributed by atoms with E-state index in [0.717, 1.165) is 16.3 Å². The molecule has 0 aliphatic carbocycles. The van der Waals surface area contributed by atoms with Gasteiger partial charge in [-0.3, -0.25) is 9.69 Å². The highest BCUT2D eigenvalue weighted by molar-refractivity contribution is 6.04. The maximum atomic E-state index is 13.3. The first kappa shape index (κ1) is 21.5. The summed E-state index contributed by atoms with van der Waals surface area (Å²) in [6, 6.07) is 30.1. The van der Waals surface area contributed by atoms with Crippen molar-refractivity contribution in [2.75, 3.05) is 16.8 Å². The van der Waals surface area contributed by atoms with Crippen LogP contribution in [-0.2, 0) is 4.79 Å². The number of para-hydroxylation sites is 3. The van der Waals surface area contributed by atoms with Gasteiger partial charge in [0.15, 0.2) is 6.10 Å². The van der Waals surface area contributed by atoms with Gasteiger partial charge in [-0.25, -0.2) is 4.79 Å². The number of hydrogen-bond acceptors (Lipinski definition) is 3. The van der Waals surface area contributed by atoms with Gasteiger partial charge in [0.25, 0.3) is 5.91 Å². The summed E-state index contributed by atoms with van der Waals surface area (Å²) in [7, 11) is 0. The van der Waals surface area contributed by atoms with Gasteiger partial charge in [0.2, 0.25) is 0 Å². The Morgan fingerprint density at radius 3 is 2.44 bits per heavy atom. The van der Waals surface area contributed by atoms with Crippen LogP contribution in [0.2, 0.25) is 0 Å². The topological polar surface area (TPSA) is 70.7 Å². The normalized spacial score (nSPS) is 15.7. The zero-order valence-electron chi connectivity index (χ0n) is 18.8. The summed E-state index contributed by atoms with van der Waals surface area (Å²) < 4.78 is 6.01. The number of carbonyl (C=O) groups excluding carboxylic acids is 2. The van der Waals surface area contributed by atoms with Crippen LogP contribution in [0.1, 0.15) is 18.5 Å². The van der Waals surface area contributed by atoms with Gasteiger partial charge in [-0.1, -0.05) is 72.8 Å². The molecule has 1 aliphatic rings. The van der Waals surface area contributed by atoms with E-state index >= 15 is 0 Å². The van der Waals surface area contributed by atoms with Gasteiger partial charge < -0.3 is 15.4 Å². The van der Waals surface area contributed by atoms with E-state index in [2.05, 4.69) is 28.8 Å². The van der Waals surface area contributed by atoms with Gasteiger partial charge in [-0.05, 0) is 47.5 Å². The third-order valence-corrected chi connectivity index (χ3v) is 5.98. The lowest BCUT2D eigenvalue weighted by atomic mass is 9.99. The minimum absolute atomic E-state index is 0.101. The molecule has 5 rings (SSSR count). The molecule has 6 nitrogen and oxygen atoms in total. The smallest absolute Gasteiger partial charge is 0.326 e. The number of hydrogen-bond donors (Lipinski definition) is 2. The summed E-state index contributed by atoms with van der Waals surface area (Å²) >= 11 is 0. The second kappa shape index (κ2) is 9.27. The first-order valence-electron chi connectivity index (χ1n) is 11.3. The highest BCUT2D eigenvalue weighted by atomic mass is 16.5. The summed E-state index contributed by atoms with van der Waals surface area (Å²) in [5.41, 5.74) is 2.34. The first-order chi connectivity index (χ1) is 16.6. The summed E-state index contributed by atoms with van der Waals surface area (Å²) in [4.78, 5) is 27.9. The number of fused-ring (bicyclic) bond motifs is 2. The standard InChI is InChI=1S/C28H25N3O3/c1-19(22-15-9-11-20-10-5-6-14-23(20)22)29-27(32)26-18-31(24-16-7-8-17-25(24)34-26)28(33)30-21-12-3-2-4-13-21/h2-17,19,26H,18H2,1H3,(H,29,32)(H,30,33). The number of amides is 3. The van der Waals surface area contributed by atoms with Crippen molar-refractivity contribution in [1.29, 1.82) is 0 Å². The van der Waals surface area contributed by atoms with Crippen molar-refractivity contribution in [3.05, 3.63) is 103 Å². The first-order valence-corrected chi connectivity index (χ1v) is 11.3. The summed E-state index contributed by atoms with van der Waals surface area (Å²) in [5.74, 6) is 0.224. The average molecular weight is 452 g/mol. The summed E-state index contributed by atoms with van der Waals surface area (Å²) in [6.45, 7) is 2.06. The second-order valence-corrected chi connectivity index (χ2v) is 8.28. The van der Waals surface area contributed by atoms with E-state index in [-0.39, 0.29) is 24.5 Å². The lowest BCUT2D eigenvalue weighted by Gasteiger charge is -2.34. The number of ether oxygens (including phenoxy) is 1. The van der Waals surface area contributed by atoms with Crippen molar-refractivity contribution in [2.45, 2.75) is 19.1 Å². The second-order valence-electron chi connectivity index (χ2n) is 8.28. The predicted molar refractivity (Wildman–Crippen MR) is 134 cm³/mol. The highest BCUT2D eigenvalue weighted by Gasteiger charge is 2.34. The van der Waals surface area contributed by atoms with Gasteiger partial charge in [0.05, 0.1) is 18.3 Å². The fourth-order valence-electron chi connectivity index (χ4n) is 4.29. The Morgan fingerprint density at radius 1 is 0.882 bits per heavy atom. The van der Waals surface area contributed by atoms with E-state index < -0.39 is 6.10 Å². The minimum atomic E-state index is -0.839. The van der Waals surface area contributed by atoms with E-state index in [1.807, 2.05) is 79.7 Å². The van der Waals surface area contributed by atoms with Crippen LogP contribution in [0.5, 0.6) is 5.75 Å². The number of nitrogens with zero attached hydrogens (tertiary/aromatic N) is 1. The molecule has 1 heterocycles. The zero-order chi connectivity index (χ0) is 23.5. The third kappa shape index (κ3) is 4.30. The molecule has 0 radical (unpaired) electrons. The van der Waals surface area contributed by atoms with Crippen LogP contribution >= 0.6 is 0 Å². The highest BCUT2D eigenvalue weighted by Crippen LogP contribution is 2.34. The predicted octanol–water partition coefficient (Wildman–Crippen LogP) is 5.52. The molecule has 1 aliphatic heterocycles. The van der Waals surface area contributed by atoms with Crippen molar-refractivity contribution in [3.63, 3.8) is 0 Å². The van der Waals surface area contributed by atoms with Crippen LogP contribution in [0.15, 0.2) is 97.1 Å². The van der Waals surface area contributed by atoms with Gasteiger partial charge in [0, 0.05) is 5.69 Å². The minimum Gasteiger partial charge on any atom is -0.477 e. The molecule has 4 aromatic carbocycles. The molecular formula is C28H25N3O3. The monoisotopic (exact) mass is 451 g/mol. The van der Waals surface area contributed by atoms with Crippen molar-refractivity contribution >= 4 is 34.1 Å². The molecule has 0 aromatic heterocycles. The van der Waals surface area contributed by atoms with E-state index in [1.165, 1.54) is 0 Å². The Hall–Kier alpha value is -4.32. The van der Waals surface area contributed by atoms with Crippen molar-refractivity contribution in [3.8, 4) is 5.75 Å². The molecule has 3 amide bonds. The number of rotatable bonds is 4. The Balaban J connectivity index is 1.36. The summed E-state index contributed by atoms with van der Waals surface area (Å²) in [5, 5.41) is 8.19. The Morgan fingerprint density at radius 2 is 1.59 bits per heavy atom. The Bertz CT molecular complexity index is 1330. The number of benzene rings is 4. The van der Waals surface area contributed by atoms with Crippen LogP contribution < -0.4 is 20.3 Å². The molecule has 170 valence electrons. The number of nitrogens with one attached hydrogen (secondary N) is 2. The van der Waals surface area contributed by atoms with Crippen molar-refractivity contribution < 1.29 is 14.3 Å². The lowest BCUT2D eigenvalue weighted by Crippen LogP contribution is -2.52. The lowest BCUT2D eigenvalue weighted by molar-refractivity contribution is -0.128. The molecule has 0 saturated heterocycles. The summed E-state index contributed by atoms with van der Waals surface area (Å²) in [6.07, 6.45) is -0.839. The van der Waals surface area contributed by atoms with Gasteiger partial charge in [-0.15, -0.1) is 0 Å². The van der Waals surface area contributed by atoms with Crippen LogP contribution in [0.25, 0.3) is 10.8 Å². The SMILES string of the molecule is CC(NC(=O)C1CN(C(=O)Nc2ccccc2)c2ccccc2O1)c1cccc2ccccc12. The molecule has 2 N–H and O–H groups in total. The number of carbonyl (C=O) groups is 2. The molecule has 0 fully saturated rings. The van der Waals surface area contributed by atoms with Crippen molar-refractivity contribution in [1.82, 2.24) is 5.32 Å². The van der Waals surface area contributed by atoms with Crippen LogP contribution in [0.4, 0.5) is 16.2 Å². The molecule has 0 bridgehead atoms. The molecule has 0 saturated carbocycles. The van der Waals surface area contributed by atoms with Crippen molar-refractivity contribution in [2.24, 2.45) is 0 Å². The zero-order valence-corrected chi connectivity index (χ0v) is 18.8. The number of anilines is 2. The van der Waals surface area contributed by atoms with E-state index in [4.69, 9.17) is 4.74 Å². The van der Waals surface area contributed by atoms with Crippen LogP contribution in [0.3, 0.4) is 0 Å². The quantitative estimate of drug-likeness (QED) is 0.429. The van der Waals surface area contributed by atoms with E-state index in [9.17, 15) is 9.59 Å². The molecule has 4 aromatic rings. The Labute approximate surface area is 198 Å². The molecular weight excluding hydrogens is 426 g/mol. The van der Waals surface area contributed by atoms with Gasteiger partial charge in [0.1, 0.15) is 5.75 Å². The van der Waals surface area contributed by atoms with E-state index in [1.54, 1.807) is 11.0 Å². The molecule has 34 heavy (non-hydrogen) atoms. The average Bonchev–Trinajstić information content (AvgIpc) is 2.88. The fraction of sp³-hybridized carbons (Fsp3) is 0.143. The maximum absolute atomic E-state index is 13.3.